The lowest BCUT2D eigenvalue weighted by Gasteiger charge is -2.42. The van der Waals surface area contributed by atoms with E-state index in [-0.39, 0.29) is 36.0 Å². The average Bonchev–Trinajstić information content (AvgIpc) is 3.20. The molecule has 3 aromatic rings. The predicted molar refractivity (Wildman–Crippen MR) is 188 cm³/mol. The van der Waals surface area contributed by atoms with Crippen LogP contribution in [0.15, 0.2) is 66.7 Å². The minimum Gasteiger partial charge on any atom is -0.318 e. The molecule has 232 valence electrons. The molecule has 0 aromatic heterocycles. The molecule has 43 heavy (non-hydrogen) atoms. The highest BCUT2D eigenvalue weighted by molar-refractivity contribution is 7.73. The van der Waals surface area contributed by atoms with E-state index in [0.29, 0.717) is 12.3 Å². The van der Waals surface area contributed by atoms with Crippen molar-refractivity contribution >= 4 is 20.9 Å². The van der Waals surface area contributed by atoms with Gasteiger partial charge in [0.1, 0.15) is 7.14 Å². The minimum absolute atomic E-state index is 0.0300. The molecule has 0 spiro atoms. The number of hydrogen-bond donors (Lipinski definition) is 0. The van der Waals surface area contributed by atoms with Gasteiger partial charge in [-0.05, 0) is 61.5 Å². The monoisotopic (exact) mass is 616 g/mol. The summed E-state index contributed by atoms with van der Waals surface area (Å²) in [5.41, 5.74) is 7.11. The second-order valence-electron chi connectivity index (χ2n) is 17.0. The van der Waals surface area contributed by atoms with E-state index >= 15 is 4.57 Å². The van der Waals surface area contributed by atoms with Crippen molar-refractivity contribution in [3.05, 3.63) is 100 Å². The molecule has 0 saturated carbocycles. The van der Waals surface area contributed by atoms with Crippen LogP contribution in [0.4, 0.5) is 0 Å². The Labute approximate surface area is 264 Å². The lowest BCUT2D eigenvalue weighted by Crippen LogP contribution is -2.36. The summed E-state index contributed by atoms with van der Waals surface area (Å²) in [6, 6.07) is 24.2. The van der Waals surface area contributed by atoms with E-state index in [2.05, 4.69) is 119 Å². The van der Waals surface area contributed by atoms with Crippen molar-refractivity contribution in [1.82, 2.24) is 0 Å². The van der Waals surface area contributed by atoms with Crippen molar-refractivity contribution in [1.29, 1.82) is 0 Å². The lowest BCUT2D eigenvalue weighted by molar-refractivity contribution is 0.495. The van der Waals surface area contributed by atoms with Crippen LogP contribution in [0.2, 0.25) is 0 Å². The maximum Gasteiger partial charge on any atom is 0.156 e. The Hall–Kier alpha value is -2.01. The van der Waals surface area contributed by atoms with Gasteiger partial charge >= 0.3 is 0 Å². The van der Waals surface area contributed by atoms with Crippen LogP contribution >= 0.6 is 15.6 Å². The molecule has 1 saturated heterocycles. The summed E-state index contributed by atoms with van der Waals surface area (Å²) in [6.45, 7) is 27.1. The Kier molecular flexibility index (Phi) is 8.99. The summed E-state index contributed by atoms with van der Waals surface area (Å²) in [5.74, 6) is -0.0357. The molecule has 0 radical (unpaired) electrons. The molecule has 4 rings (SSSR count). The molecular formula is C39H54O2P2. The van der Waals surface area contributed by atoms with Gasteiger partial charge in [0.05, 0.1) is 5.16 Å². The topological polar surface area (TPSA) is 34.1 Å². The van der Waals surface area contributed by atoms with E-state index in [1.54, 1.807) is 0 Å². The SMILES string of the molecule is CC(C)(C)c1cc(C2CCP(=O)(c3ccccc3)C2(CP=O)c2cc(C(C)(C)C)cc(C(C)(C)C)c2)cc(C(C)(C)C)c1. The van der Waals surface area contributed by atoms with E-state index < -0.39 is 12.3 Å². The molecule has 3 atom stereocenters. The zero-order valence-electron chi connectivity index (χ0n) is 28.8. The standard InChI is InChI=1S/C39H54O2P2/c1-35(2,3)28-20-27(21-29(22-28)36(4,5)6)34-18-19-43(41,33-16-14-13-15-17-33)39(34,26-42-40)32-24-30(37(7,8)9)23-31(25-32)38(10,11)12/h13-17,20-25,34H,18-19,26H2,1-12H3. The fourth-order valence-corrected chi connectivity index (χ4v) is 12.2. The molecular weight excluding hydrogens is 562 g/mol. The normalized spacial score (nSPS) is 23.6. The van der Waals surface area contributed by atoms with Crippen LogP contribution < -0.4 is 5.30 Å². The zero-order chi connectivity index (χ0) is 32.2. The first-order chi connectivity index (χ1) is 19.6. The third-order valence-corrected chi connectivity index (χ3v) is 14.6. The fraction of sp³-hybridized carbons (Fsp3) is 0.538. The molecule has 1 aliphatic heterocycles. The Balaban J connectivity index is 2.17. The van der Waals surface area contributed by atoms with Crippen molar-refractivity contribution in [2.24, 2.45) is 0 Å². The summed E-state index contributed by atoms with van der Waals surface area (Å²) in [4.78, 5) is 0. The molecule has 2 nitrogen and oxygen atoms in total. The predicted octanol–water partition coefficient (Wildman–Crippen LogP) is 11.2. The summed E-state index contributed by atoms with van der Waals surface area (Å²) >= 11 is 0. The quantitative estimate of drug-likeness (QED) is 0.267. The zero-order valence-corrected chi connectivity index (χ0v) is 30.5. The van der Waals surface area contributed by atoms with Gasteiger partial charge in [-0.2, -0.15) is 0 Å². The largest absolute Gasteiger partial charge is 0.318 e. The van der Waals surface area contributed by atoms with E-state index in [9.17, 15) is 4.57 Å². The highest BCUT2D eigenvalue weighted by Crippen LogP contribution is 2.75. The molecule has 4 heteroatoms. The van der Waals surface area contributed by atoms with Gasteiger partial charge in [-0.3, -0.25) is 4.57 Å². The van der Waals surface area contributed by atoms with Crippen molar-refractivity contribution < 1.29 is 9.13 Å². The van der Waals surface area contributed by atoms with Gasteiger partial charge in [-0.1, -0.05) is 150 Å². The summed E-state index contributed by atoms with van der Waals surface area (Å²) in [5, 5.41) is 0.104. The van der Waals surface area contributed by atoms with Crippen molar-refractivity contribution in [2.45, 2.75) is 122 Å². The average molecular weight is 617 g/mol. The van der Waals surface area contributed by atoms with Crippen LogP contribution in [-0.4, -0.2) is 12.3 Å². The Morgan fingerprint density at radius 1 is 0.674 bits per heavy atom. The highest BCUT2D eigenvalue weighted by Gasteiger charge is 2.60. The number of hydrogen-bond acceptors (Lipinski definition) is 2. The van der Waals surface area contributed by atoms with Gasteiger partial charge in [-0.25, -0.2) is 0 Å². The fourth-order valence-electron chi connectivity index (χ4n) is 6.76. The molecule has 3 aromatic carbocycles. The smallest absolute Gasteiger partial charge is 0.156 e. The van der Waals surface area contributed by atoms with Crippen LogP contribution in [0, 0.1) is 0 Å². The Bertz CT molecular complexity index is 1460. The van der Waals surface area contributed by atoms with Gasteiger partial charge in [0.2, 0.25) is 0 Å². The van der Waals surface area contributed by atoms with E-state index in [4.69, 9.17) is 0 Å². The maximum absolute atomic E-state index is 16.0. The molecule has 3 unspecified atom stereocenters. The van der Waals surface area contributed by atoms with Gasteiger partial charge in [0.25, 0.3) is 0 Å². The molecule has 0 N–H and O–H groups in total. The molecule has 0 amide bonds. The second kappa shape index (κ2) is 11.4. The molecule has 0 bridgehead atoms. The van der Waals surface area contributed by atoms with Gasteiger partial charge in [0, 0.05) is 23.5 Å². The van der Waals surface area contributed by atoms with Gasteiger partial charge in [0.15, 0.2) is 8.46 Å². The summed E-state index contributed by atoms with van der Waals surface area (Å²) in [6.07, 6.45) is 1.72. The number of benzene rings is 3. The van der Waals surface area contributed by atoms with Crippen molar-refractivity contribution in [3.63, 3.8) is 0 Å². The Morgan fingerprint density at radius 2 is 1.09 bits per heavy atom. The van der Waals surface area contributed by atoms with Crippen LogP contribution in [0.5, 0.6) is 0 Å². The molecule has 0 aliphatic carbocycles. The molecule has 1 aliphatic rings. The number of rotatable bonds is 5. The molecule has 1 heterocycles. The van der Waals surface area contributed by atoms with E-state index in [1.807, 2.05) is 30.3 Å². The van der Waals surface area contributed by atoms with E-state index in [0.717, 1.165) is 17.3 Å². The third kappa shape index (κ3) is 6.40. The van der Waals surface area contributed by atoms with Gasteiger partial charge in [-0.15, -0.1) is 0 Å². The molecule has 1 fully saturated rings. The maximum atomic E-state index is 16.0. The summed E-state index contributed by atoms with van der Waals surface area (Å²) in [7, 11) is -3.06. The Morgan fingerprint density at radius 3 is 1.49 bits per heavy atom. The first-order valence-electron chi connectivity index (χ1n) is 15.9. The van der Waals surface area contributed by atoms with Gasteiger partial charge < -0.3 is 4.57 Å². The van der Waals surface area contributed by atoms with Crippen LogP contribution in [0.3, 0.4) is 0 Å². The third-order valence-electron chi connectivity index (χ3n) is 9.69. The van der Waals surface area contributed by atoms with Crippen LogP contribution in [0.1, 0.15) is 129 Å². The summed E-state index contributed by atoms with van der Waals surface area (Å²) < 4.78 is 29.0. The second-order valence-corrected chi connectivity index (χ2v) is 20.8. The first-order valence-corrected chi connectivity index (χ1v) is 18.8. The first kappa shape index (κ1) is 33.9. The van der Waals surface area contributed by atoms with Crippen LogP contribution in [0.25, 0.3) is 0 Å². The van der Waals surface area contributed by atoms with E-state index in [1.165, 1.54) is 27.8 Å². The van der Waals surface area contributed by atoms with Crippen molar-refractivity contribution in [2.75, 3.05) is 12.3 Å². The van der Waals surface area contributed by atoms with Crippen LogP contribution in [-0.2, 0) is 35.9 Å². The highest BCUT2D eigenvalue weighted by atomic mass is 31.2. The minimum atomic E-state index is -3.09. The van der Waals surface area contributed by atoms with Crippen molar-refractivity contribution in [3.8, 4) is 0 Å². The lowest BCUT2D eigenvalue weighted by atomic mass is 9.72.